The van der Waals surface area contributed by atoms with Crippen LogP contribution in [0.3, 0.4) is 0 Å². The molecule has 230 valence electrons. The summed E-state index contributed by atoms with van der Waals surface area (Å²) < 4.78 is 30.8. The average Bonchev–Trinajstić information content (AvgIpc) is 3.05. The molecule has 4 aromatic rings. The number of nitrogens with zero attached hydrogens (tertiary/aromatic N) is 7. The first-order valence-electron chi connectivity index (χ1n) is 15.0. The Kier molecular flexibility index (Phi) is 8.91. The van der Waals surface area contributed by atoms with Crippen molar-refractivity contribution in [3.05, 3.63) is 72.2 Å². The molecule has 3 N–H and O–H groups in total. The lowest BCUT2D eigenvalue weighted by molar-refractivity contribution is 0.0981. The van der Waals surface area contributed by atoms with E-state index < -0.39 is 11.6 Å². The largest absolute Gasteiger partial charge is 0.369 e. The molecule has 2 aromatic carbocycles. The molecule has 2 aliphatic heterocycles. The second kappa shape index (κ2) is 13.2. The first kappa shape index (κ1) is 29.8. The van der Waals surface area contributed by atoms with Crippen LogP contribution in [0.1, 0.15) is 24.0 Å². The Balaban J connectivity index is 1.18. The highest BCUT2D eigenvalue weighted by Crippen LogP contribution is 2.32. The van der Waals surface area contributed by atoms with Crippen molar-refractivity contribution in [1.29, 1.82) is 0 Å². The summed E-state index contributed by atoms with van der Waals surface area (Å²) in [5, 5.41) is 9.40. The molecule has 2 fully saturated rings. The number of benzene rings is 2. The lowest BCUT2D eigenvalue weighted by atomic mass is 10.0. The Hall–Kier alpha value is -4.26. The van der Waals surface area contributed by atoms with E-state index >= 15 is 8.78 Å². The molecule has 0 unspecified atom stereocenters. The van der Waals surface area contributed by atoms with Gasteiger partial charge in [0.2, 0.25) is 5.95 Å². The topological polar surface area (TPSA) is 97.4 Å². The maximum Gasteiger partial charge on any atom is 0.229 e. The van der Waals surface area contributed by atoms with Crippen LogP contribution in [0.2, 0.25) is 0 Å². The van der Waals surface area contributed by atoms with Crippen molar-refractivity contribution < 1.29 is 8.78 Å². The molecule has 4 heterocycles. The van der Waals surface area contributed by atoms with Gasteiger partial charge >= 0.3 is 0 Å². The molecule has 0 radical (unpaired) electrons. The minimum atomic E-state index is -0.959. The molecule has 2 aliphatic rings. The SMILES string of the molecule is C=Cc1cnc(Nc2ccc(N3CCC(N4CCN(C)CC4)CC3)c(F)c2F)nc1Nc1ccc2nccnc2c1CNC. The summed E-state index contributed by atoms with van der Waals surface area (Å²) in [5.41, 5.74) is 4.13. The number of fused-ring (bicyclic) bond motifs is 1. The van der Waals surface area contributed by atoms with Gasteiger partial charge in [-0.1, -0.05) is 12.7 Å². The summed E-state index contributed by atoms with van der Waals surface area (Å²) in [7, 11) is 4.01. The van der Waals surface area contributed by atoms with E-state index in [0.717, 1.165) is 61.3 Å². The maximum atomic E-state index is 15.4. The zero-order valence-electron chi connectivity index (χ0n) is 25.2. The summed E-state index contributed by atoms with van der Waals surface area (Å²) in [6.07, 6.45) is 8.39. The predicted octanol–water partition coefficient (Wildman–Crippen LogP) is 4.76. The predicted molar refractivity (Wildman–Crippen MR) is 172 cm³/mol. The first-order chi connectivity index (χ1) is 21.4. The second-order valence-electron chi connectivity index (χ2n) is 11.3. The minimum absolute atomic E-state index is 0.0345. The van der Waals surface area contributed by atoms with Gasteiger partial charge in [0.05, 0.1) is 22.4 Å². The second-order valence-corrected chi connectivity index (χ2v) is 11.3. The Labute approximate surface area is 256 Å². The fourth-order valence-corrected chi connectivity index (χ4v) is 6.05. The van der Waals surface area contributed by atoms with Crippen molar-refractivity contribution in [2.45, 2.75) is 25.4 Å². The third-order valence-electron chi connectivity index (χ3n) is 8.56. The molecular formula is C32H38F2N10. The van der Waals surface area contributed by atoms with Gasteiger partial charge in [-0.3, -0.25) is 14.9 Å². The van der Waals surface area contributed by atoms with Crippen LogP contribution in [-0.4, -0.2) is 89.1 Å². The number of anilines is 5. The zero-order valence-corrected chi connectivity index (χ0v) is 25.2. The van der Waals surface area contributed by atoms with Gasteiger partial charge in [-0.05, 0) is 51.2 Å². The molecule has 10 nitrogen and oxygen atoms in total. The number of likely N-dealkylation sites (N-methyl/N-ethyl adjacent to an activating group) is 1. The number of rotatable bonds is 9. The van der Waals surface area contributed by atoms with E-state index in [-0.39, 0.29) is 17.3 Å². The van der Waals surface area contributed by atoms with E-state index in [4.69, 9.17) is 0 Å². The lowest BCUT2D eigenvalue weighted by Gasteiger charge is -2.42. The number of nitrogens with one attached hydrogen (secondary N) is 3. The molecule has 44 heavy (non-hydrogen) atoms. The number of piperidine rings is 1. The van der Waals surface area contributed by atoms with Gasteiger partial charge in [0, 0.05) is 87.3 Å². The van der Waals surface area contributed by atoms with Crippen LogP contribution in [0.25, 0.3) is 17.1 Å². The molecule has 0 atom stereocenters. The van der Waals surface area contributed by atoms with Gasteiger partial charge in [0.25, 0.3) is 0 Å². The monoisotopic (exact) mass is 600 g/mol. The molecule has 2 aromatic heterocycles. The third-order valence-corrected chi connectivity index (χ3v) is 8.56. The Morgan fingerprint density at radius 2 is 1.66 bits per heavy atom. The van der Waals surface area contributed by atoms with E-state index in [2.05, 4.69) is 59.3 Å². The van der Waals surface area contributed by atoms with Gasteiger partial charge in [-0.15, -0.1) is 0 Å². The molecule has 0 amide bonds. The molecule has 12 heteroatoms. The van der Waals surface area contributed by atoms with Crippen LogP contribution in [0.5, 0.6) is 0 Å². The van der Waals surface area contributed by atoms with Crippen molar-refractivity contribution in [1.82, 2.24) is 35.1 Å². The van der Waals surface area contributed by atoms with E-state index in [1.807, 2.05) is 24.1 Å². The summed E-state index contributed by atoms with van der Waals surface area (Å²) in [5.74, 6) is -1.26. The van der Waals surface area contributed by atoms with Gasteiger partial charge in [-0.2, -0.15) is 4.98 Å². The standard InChI is InChI=1S/C32H38F2N10/c1-4-21-19-38-32(41-31(21)39-24-5-6-26-30(23(24)20-35-2)37-12-11-36-26)40-25-7-8-27(29(34)28(25)33)44-13-9-22(10-14-44)43-17-15-42(3)16-18-43/h4-8,11-12,19,22,35H,1,9-10,13-18,20H2,2-3H3,(H2,38,39,40,41). The van der Waals surface area contributed by atoms with E-state index in [9.17, 15) is 0 Å². The van der Waals surface area contributed by atoms with Crippen molar-refractivity contribution >= 4 is 45.9 Å². The van der Waals surface area contributed by atoms with Crippen molar-refractivity contribution in [3.8, 4) is 0 Å². The Bertz CT molecular complexity index is 1630. The average molecular weight is 601 g/mol. The molecule has 0 spiro atoms. The highest BCUT2D eigenvalue weighted by atomic mass is 19.2. The number of piperazine rings is 1. The van der Waals surface area contributed by atoms with Gasteiger partial charge in [-0.25, -0.2) is 13.8 Å². The molecular weight excluding hydrogens is 562 g/mol. The van der Waals surface area contributed by atoms with Crippen molar-refractivity contribution in [3.63, 3.8) is 0 Å². The van der Waals surface area contributed by atoms with Crippen LogP contribution in [0.4, 0.5) is 37.6 Å². The van der Waals surface area contributed by atoms with Crippen LogP contribution in [0, 0.1) is 11.6 Å². The number of hydrogen-bond acceptors (Lipinski definition) is 10. The molecule has 0 aliphatic carbocycles. The van der Waals surface area contributed by atoms with E-state index in [1.165, 1.54) is 0 Å². The highest BCUT2D eigenvalue weighted by Gasteiger charge is 2.28. The molecule has 6 rings (SSSR count). The maximum absolute atomic E-state index is 15.4. The van der Waals surface area contributed by atoms with Crippen LogP contribution < -0.4 is 20.9 Å². The van der Waals surface area contributed by atoms with Gasteiger partial charge in [0.15, 0.2) is 11.6 Å². The summed E-state index contributed by atoms with van der Waals surface area (Å²) in [6, 6.07) is 7.46. The van der Waals surface area contributed by atoms with Crippen LogP contribution in [0.15, 0.2) is 49.4 Å². The third kappa shape index (κ3) is 6.19. The van der Waals surface area contributed by atoms with Crippen molar-refractivity contribution in [2.75, 3.05) is 68.9 Å². The summed E-state index contributed by atoms with van der Waals surface area (Å²) >= 11 is 0. The summed E-state index contributed by atoms with van der Waals surface area (Å²) in [6.45, 7) is 10.1. The number of hydrogen-bond donors (Lipinski definition) is 3. The Morgan fingerprint density at radius 3 is 2.41 bits per heavy atom. The first-order valence-corrected chi connectivity index (χ1v) is 15.0. The smallest absolute Gasteiger partial charge is 0.229 e. The normalized spacial score (nSPS) is 16.8. The minimum Gasteiger partial charge on any atom is -0.369 e. The van der Waals surface area contributed by atoms with Gasteiger partial charge < -0.3 is 25.8 Å². The van der Waals surface area contributed by atoms with Crippen LogP contribution in [-0.2, 0) is 6.54 Å². The Morgan fingerprint density at radius 1 is 0.909 bits per heavy atom. The number of halogens is 2. The van der Waals surface area contributed by atoms with Gasteiger partial charge in [0.1, 0.15) is 5.82 Å². The zero-order chi connectivity index (χ0) is 30.6. The van der Waals surface area contributed by atoms with E-state index in [1.54, 1.807) is 36.8 Å². The lowest BCUT2D eigenvalue weighted by Crippen LogP contribution is -2.52. The summed E-state index contributed by atoms with van der Waals surface area (Å²) in [4.78, 5) is 24.7. The molecule has 2 saturated heterocycles. The quantitative estimate of drug-likeness (QED) is 0.250. The number of aromatic nitrogens is 4. The fourth-order valence-electron chi connectivity index (χ4n) is 6.05. The van der Waals surface area contributed by atoms with Crippen molar-refractivity contribution in [2.24, 2.45) is 0 Å². The molecule has 0 saturated carbocycles. The molecule has 0 bridgehead atoms. The van der Waals surface area contributed by atoms with Crippen LogP contribution >= 0.6 is 0 Å². The van der Waals surface area contributed by atoms with E-state index in [0.29, 0.717) is 37.1 Å². The highest BCUT2D eigenvalue weighted by molar-refractivity contribution is 5.85. The fraction of sp³-hybridized carbons (Fsp3) is 0.375.